The maximum absolute atomic E-state index is 13.7. The largest absolute Gasteiger partial charge is 0.505 e. The fraction of sp³-hybridized carbons (Fsp3) is 0.226. The number of aliphatic hydroxyl groups excluding tert-OH is 1. The van der Waals surface area contributed by atoms with Gasteiger partial charge < -0.3 is 9.51 Å². The van der Waals surface area contributed by atoms with Gasteiger partial charge in [0, 0.05) is 11.2 Å². The number of anilines is 1. The number of carbonyl (C=O) groups excluding carboxylic acids is 2. The van der Waals surface area contributed by atoms with Gasteiger partial charge in [-0.25, -0.2) is 9.97 Å². The Balaban J connectivity index is 1.59. The molecule has 6 rings (SSSR count). The van der Waals surface area contributed by atoms with E-state index in [4.69, 9.17) is 11.6 Å². The number of nitrogens with zero attached hydrogens (tertiary/aromatic N) is 4. The van der Waals surface area contributed by atoms with Gasteiger partial charge in [-0.3, -0.25) is 14.5 Å². The van der Waals surface area contributed by atoms with Crippen molar-refractivity contribution in [2.75, 3.05) is 4.90 Å². The Bertz CT molecular complexity index is 1880. The highest BCUT2D eigenvalue weighted by Crippen LogP contribution is 2.45. The highest BCUT2D eigenvalue weighted by Gasteiger charge is 2.48. The van der Waals surface area contributed by atoms with Crippen LogP contribution in [0.5, 0.6) is 0 Å². The van der Waals surface area contributed by atoms with Gasteiger partial charge in [0.15, 0.2) is 10.9 Å². The van der Waals surface area contributed by atoms with Crippen molar-refractivity contribution in [1.82, 2.24) is 14.4 Å². The number of fused-ring (bicyclic) bond motifs is 2. The van der Waals surface area contributed by atoms with Gasteiger partial charge in [0.1, 0.15) is 11.3 Å². The number of thiazole rings is 1. The Morgan fingerprint density at radius 3 is 2.42 bits per heavy atom. The Hall–Kier alpha value is -4.01. The summed E-state index contributed by atoms with van der Waals surface area (Å²) in [7, 11) is 0. The molecule has 1 amide bonds. The first-order chi connectivity index (χ1) is 19.0. The topological polar surface area (TPSA) is 87.8 Å². The van der Waals surface area contributed by atoms with Gasteiger partial charge in [0.2, 0.25) is 0 Å². The van der Waals surface area contributed by atoms with Gasteiger partial charge >= 0.3 is 5.91 Å². The molecule has 7 nitrogen and oxygen atoms in total. The number of hydrogen-bond donors (Lipinski definition) is 1. The molecule has 1 saturated heterocycles. The first-order valence-corrected chi connectivity index (χ1v) is 14.1. The summed E-state index contributed by atoms with van der Waals surface area (Å²) in [5.74, 6) is -1.85. The van der Waals surface area contributed by atoms with Crippen molar-refractivity contribution >= 4 is 61.4 Å². The minimum absolute atomic E-state index is 0.0186. The molecule has 0 radical (unpaired) electrons. The molecule has 1 aliphatic rings. The molecule has 202 valence electrons. The van der Waals surface area contributed by atoms with Crippen LogP contribution in [0.4, 0.5) is 5.13 Å². The number of rotatable bonds is 3. The number of imidazole rings is 1. The Morgan fingerprint density at radius 1 is 1.02 bits per heavy atom. The molecule has 2 aromatic carbocycles. The van der Waals surface area contributed by atoms with Crippen LogP contribution in [-0.2, 0) is 15.0 Å². The maximum Gasteiger partial charge on any atom is 0.301 e. The van der Waals surface area contributed by atoms with Crippen LogP contribution in [0.1, 0.15) is 54.9 Å². The van der Waals surface area contributed by atoms with Gasteiger partial charge in [0.05, 0.1) is 27.5 Å². The Morgan fingerprint density at radius 2 is 1.75 bits per heavy atom. The predicted molar refractivity (Wildman–Crippen MR) is 159 cm³/mol. The van der Waals surface area contributed by atoms with E-state index in [-0.39, 0.29) is 22.4 Å². The summed E-state index contributed by atoms with van der Waals surface area (Å²) in [6, 6.07) is 16.0. The summed E-state index contributed by atoms with van der Waals surface area (Å²) in [6.45, 7) is 10.1. The molecule has 1 unspecified atom stereocenters. The van der Waals surface area contributed by atoms with Crippen molar-refractivity contribution in [2.24, 2.45) is 0 Å². The number of hydrogen-bond acceptors (Lipinski definition) is 6. The molecule has 1 N–H and O–H groups in total. The standard InChI is InChI=1S/C31H27ClN4O3S/c1-16-7-6-14-35-17(2)24(34-28(16)35)26(37)23-25(18-8-10-19(11-9-18)31(3,4)5)36(29(39)27(23)38)30-33-21-13-12-20(32)15-22(21)40-30/h6-15,25,37H,1-5H3. The molecular weight excluding hydrogens is 544 g/mol. The molecule has 1 aliphatic heterocycles. The van der Waals surface area contributed by atoms with E-state index in [9.17, 15) is 14.7 Å². The van der Waals surface area contributed by atoms with Gasteiger partial charge in [-0.15, -0.1) is 0 Å². The van der Waals surface area contributed by atoms with Crippen molar-refractivity contribution in [3.63, 3.8) is 0 Å². The Kier molecular flexibility index (Phi) is 6.09. The van der Waals surface area contributed by atoms with E-state index < -0.39 is 17.7 Å². The normalized spacial score (nSPS) is 17.4. The number of ketones is 1. The van der Waals surface area contributed by atoms with Crippen LogP contribution in [0.15, 0.2) is 66.4 Å². The molecule has 0 bridgehead atoms. The smallest absolute Gasteiger partial charge is 0.301 e. The maximum atomic E-state index is 13.7. The summed E-state index contributed by atoms with van der Waals surface area (Å²) in [5, 5.41) is 12.6. The van der Waals surface area contributed by atoms with Crippen molar-refractivity contribution in [2.45, 2.75) is 46.1 Å². The average Bonchev–Trinajstić information content (AvgIpc) is 3.56. The van der Waals surface area contributed by atoms with Crippen molar-refractivity contribution in [3.8, 4) is 0 Å². The third kappa shape index (κ3) is 4.10. The van der Waals surface area contributed by atoms with Crippen molar-refractivity contribution < 1.29 is 14.7 Å². The first kappa shape index (κ1) is 26.2. The highest BCUT2D eigenvalue weighted by atomic mass is 35.5. The molecule has 0 saturated carbocycles. The minimum Gasteiger partial charge on any atom is -0.505 e. The Labute approximate surface area is 240 Å². The minimum atomic E-state index is -0.893. The number of aromatic nitrogens is 3. The second-order valence-electron chi connectivity index (χ2n) is 11.1. The van der Waals surface area contributed by atoms with Crippen molar-refractivity contribution in [1.29, 1.82) is 0 Å². The summed E-state index contributed by atoms with van der Waals surface area (Å²) in [4.78, 5) is 38.1. The molecular formula is C31H27ClN4O3S. The van der Waals surface area contributed by atoms with Gasteiger partial charge in [0.25, 0.3) is 5.78 Å². The molecule has 3 aromatic heterocycles. The van der Waals surface area contributed by atoms with E-state index in [1.807, 2.05) is 60.8 Å². The van der Waals surface area contributed by atoms with Crippen LogP contribution in [0, 0.1) is 13.8 Å². The monoisotopic (exact) mass is 570 g/mol. The lowest BCUT2D eigenvalue weighted by Crippen LogP contribution is -2.29. The number of amides is 1. The number of carbonyl (C=O) groups is 2. The number of pyridine rings is 1. The van der Waals surface area contributed by atoms with E-state index in [2.05, 4.69) is 30.7 Å². The van der Waals surface area contributed by atoms with Crippen LogP contribution < -0.4 is 4.90 Å². The van der Waals surface area contributed by atoms with Gasteiger partial charge in [-0.2, -0.15) is 0 Å². The molecule has 5 aromatic rings. The van der Waals surface area contributed by atoms with Crippen LogP contribution in [0.2, 0.25) is 5.02 Å². The number of halogens is 1. The average molecular weight is 571 g/mol. The second-order valence-corrected chi connectivity index (χ2v) is 12.5. The van der Waals surface area contributed by atoms with E-state index in [1.165, 1.54) is 16.2 Å². The van der Waals surface area contributed by atoms with Crippen LogP contribution in [0.3, 0.4) is 0 Å². The van der Waals surface area contributed by atoms with E-state index >= 15 is 0 Å². The summed E-state index contributed by atoms with van der Waals surface area (Å²) in [6.07, 6.45) is 1.86. The predicted octanol–water partition coefficient (Wildman–Crippen LogP) is 7.14. The zero-order chi connectivity index (χ0) is 28.5. The van der Waals surface area contributed by atoms with Crippen LogP contribution in [-0.4, -0.2) is 31.2 Å². The van der Waals surface area contributed by atoms with Crippen molar-refractivity contribution in [3.05, 3.63) is 99.5 Å². The molecule has 9 heteroatoms. The first-order valence-electron chi connectivity index (χ1n) is 12.9. The molecule has 0 aliphatic carbocycles. The molecule has 1 atom stereocenters. The SMILES string of the molecule is Cc1cccn2c(C)c(C(O)=C3C(=O)C(=O)N(c4nc5ccc(Cl)cc5s4)C3c3ccc(C(C)(C)C)cc3)nc12. The lowest BCUT2D eigenvalue weighted by molar-refractivity contribution is -0.132. The van der Waals surface area contributed by atoms with E-state index in [0.717, 1.165) is 15.8 Å². The number of Topliss-reactive ketones (excluding diaryl/α,β-unsaturated/α-hetero) is 1. The quantitative estimate of drug-likeness (QED) is 0.141. The zero-order valence-corrected chi connectivity index (χ0v) is 24.3. The van der Waals surface area contributed by atoms with E-state index in [0.29, 0.717) is 32.6 Å². The lowest BCUT2D eigenvalue weighted by Gasteiger charge is -2.24. The zero-order valence-electron chi connectivity index (χ0n) is 22.7. The number of benzene rings is 2. The summed E-state index contributed by atoms with van der Waals surface area (Å²) in [5.41, 5.74) is 4.88. The molecule has 0 spiro atoms. The third-order valence-electron chi connectivity index (χ3n) is 7.39. The van der Waals surface area contributed by atoms with Gasteiger partial charge in [-0.1, -0.05) is 74.0 Å². The highest BCUT2D eigenvalue weighted by molar-refractivity contribution is 7.22. The second kappa shape index (κ2) is 9.28. The number of aryl methyl sites for hydroxylation is 2. The fourth-order valence-electron chi connectivity index (χ4n) is 5.17. The third-order valence-corrected chi connectivity index (χ3v) is 8.64. The van der Waals surface area contributed by atoms with Crippen LogP contribution >= 0.6 is 22.9 Å². The molecule has 1 fully saturated rings. The summed E-state index contributed by atoms with van der Waals surface area (Å²) >= 11 is 7.47. The van der Waals surface area contributed by atoms with E-state index in [1.54, 1.807) is 18.2 Å². The van der Waals surface area contributed by atoms with Gasteiger partial charge in [-0.05, 0) is 60.2 Å². The summed E-state index contributed by atoms with van der Waals surface area (Å²) < 4.78 is 2.66. The molecule has 40 heavy (non-hydrogen) atoms. The number of aliphatic hydroxyl groups is 1. The fourth-order valence-corrected chi connectivity index (χ4v) is 6.44. The molecule has 4 heterocycles. The lowest BCUT2D eigenvalue weighted by atomic mass is 9.85. The van der Waals surface area contributed by atoms with Crippen LogP contribution in [0.25, 0.3) is 21.6 Å².